The lowest BCUT2D eigenvalue weighted by atomic mass is 9.95. The van der Waals surface area contributed by atoms with Gasteiger partial charge in [0.15, 0.2) is 5.78 Å². The van der Waals surface area contributed by atoms with E-state index in [0.717, 1.165) is 25.7 Å². The topological polar surface area (TPSA) is 56.0 Å². The van der Waals surface area contributed by atoms with Crippen molar-refractivity contribution in [2.45, 2.75) is 32.6 Å². The average molecular weight is 253 g/mol. The highest BCUT2D eigenvalue weighted by Crippen LogP contribution is 2.35. The Balaban J connectivity index is 2.17. The van der Waals surface area contributed by atoms with Crippen LogP contribution in [0.2, 0.25) is 5.02 Å². The average Bonchev–Trinajstić information content (AvgIpc) is 2.80. The van der Waals surface area contributed by atoms with Crippen molar-refractivity contribution in [3.05, 3.63) is 22.8 Å². The molecule has 0 amide bonds. The summed E-state index contributed by atoms with van der Waals surface area (Å²) < 4.78 is 0. The van der Waals surface area contributed by atoms with Gasteiger partial charge < -0.3 is 5.73 Å². The molecular weight excluding hydrogens is 236 g/mol. The Hall–Kier alpha value is -1.09. The smallest absolute Gasteiger partial charge is 0.169 e. The summed E-state index contributed by atoms with van der Waals surface area (Å²) in [6.07, 6.45) is 5.69. The number of anilines is 1. The van der Waals surface area contributed by atoms with Gasteiger partial charge in [-0.25, -0.2) is 4.98 Å². The molecule has 2 atom stereocenters. The number of nitrogens with zero attached hydrogens (tertiary/aromatic N) is 1. The van der Waals surface area contributed by atoms with Crippen LogP contribution in [0.4, 0.5) is 5.82 Å². The molecule has 92 valence electrons. The van der Waals surface area contributed by atoms with E-state index in [4.69, 9.17) is 17.3 Å². The van der Waals surface area contributed by atoms with Gasteiger partial charge in [0, 0.05) is 12.1 Å². The number of aromatic nitrogens is 1. The van der Waals surface area contributed by atoms with E-state index in [0.29, 0.717) is 22.3 Å². The van der Waals surface area contributed by atoms with Crippen LogP contribution in [0.15, 0.2) is 12.3 Å². The number of carbonyl (C=O) groups is 1. The Morgan fingerprint density at radius 3 is 3.00 bits per heavy atom. The molecule has 1 fully saturated rings. The van der Waals surface area contributed by atoms with Crippen LogP contribution >= 0.6 is 11.6 Å². The summed E-state index contributed by atoms with van der Waals surface area (Å²) in [5.41, 5.74) is 6.22. The van der Waals surface area contributed by atoms with Gasteiger partial charge in [-0.1, -0.05) is 24.9 Å². The fourth-order valence-electron chi connectivity index (χ4n) is 2.55. The summed E-state index contributed by atoms with van der Waals surface area (Å²) in [5, 5.41) is 0.465. The molecule has 1 saturated carbocycles. The molecule has 4 heteroatoms. The van der Waals surface area contributed by atoms with Gasteiger partial charge in [-0.3, -0.25) is 4.79 Å². The van der Waals surface area contributed by atoms with Crippen LogP contribution in [0.5, 0.6) is 0 Å². The van der Waals surface area contributed by atoms with Crippen molar-refractivity contribution < 1.29 is 4.79 Å². The maximum absolute atomic E-state index is 12.3. The van der Waals surface area contributed by atoms with E-state index in [2.05, 4.69) is 11.9 Å². The van der Waals surface area contributed by atoms with E-state index in [1.807, 2.05) is 0 Å². The number of hydrogen-bond acceptors (Lipinski definition) is 3. The molecule has 0 radical (unpaired) electrons. The van der Waals surface area contributed by atoms with Gasteiger partial charge in [-0.15, -0.1) is 0 Å². The molecule has 2 rings (SSSR count). The maximum atomic E-state index is 12.3. The Kier molecular flexibility index (Phi) is 3.67. The van der Waals surface area contributed by atoms with E-state index in [-0.39, 0.29) is 11.7 Å². The number of rotatable bonds is 3. The number of pyridine rings is 1. The molecule has 0 bridgehead atoms. The van der Waals surface area contributed by atoms with Gasteiger partial charge in [0.2, 0.25) is 0 Å². The first-order chi connectivity index (χ1) is 8.11. The molecule has 1 aliphatic rings. The molecule has 0 aromatic carbocycles. The van der Waals surface area contributed by atoms with Crippen LogP contribution < -0.4 is 5.73 Å². The van der Waals surface area contributed by atoms with Crippen LogP contribution in [0.3, 0.4) is 0 Å². The molecule has 17 heavy (non-hydrogen) atoms. The third-order valence-electron chi connectivity index (χ3n) is 3.64. The van der Waals surface area contributed by atoms with E-state index in [9.17, 15) is 4.79 Å². The van der Waals surface area contributed by atoms with E-state index >= 15 is 0 Å². The van der Waals surface area contributed by atoms with Gasteiger partial charge >= 0.3 is 0 Å². The van der Waals surface area contributed by atoms with Crippen LogP contribution in [0.25, 0.3) is 0 Å². The lowest BCUT2D eigenvalue weighted by molar-refractivity contribution is 0.0920. The van der Waals surface area contributed by atoms with Crippen molar-refractivity contribution in [3.63, 3.8) is 0 Å². The Morgan fingerprint density at radius 1 is 1.59 bits per heavy atom. The van der Waals surface area contributed by atoms with Crippen LogP contribution in [0.1, 0.15) is 43.0 Å². The number of nitrogens with two attached hydrogens (primary N) is 1. The minimum absolute atomic E-state index is 0.0996. The molecule has 1 aromatic heterocycles. The Labute approximate surface area is 106 Å². The lowest BCUT2D eigenvalue weighted by Crippen LogP contribution is -2.14. The fraction of sp³-hybridized carbons (Fsp3) is 0.538. The number of nitrogen functional groups attached to an aromatic ring is 1. The molecule has 1 aromatic rings. The molecule has 1 heterocycles. The number of hydrogen-bond donors (Lipinski definition) is 1. The first-order valence-corrected chi connectivity index (χ1v) is 6.44. The molecule has 1 aliphatic carbocycles. The highest BCUT2D eigenvalue weighted by atomic mass is 35.5. The first kappa shape index (κ1) is 12.4. The summed E-state index contributed by atoms with van der Waals surface area (Å²) in [5.74, 6) is 1.17. The molecule has 2 N–H and O–H groups in total. The third kappa shape index (κ3) is 2.60. The summed E-state index contributed by atoms with van der Waals surface area (Å²) in [7, 11) is 0. The van der Waals surface area contributed by atoms with E-state index in [1.165, 1.54) is 6.20 Å². The predicted molar refractivity (Wildman–Crippen MR) is 69.1 cm³/mol. The molecule has 3 nitrogen and oxygen atoms in total. The number of Topliss-reactive ketones (excluding diaryl/α,β-unsaturated/α-hetero) is 1. The first-order valence-electron chi connectivity index (χ1n) is 6.07. The maximum Gasteiger partial charge on any atom is 0.169 e. The monoisotopic (exact) mass is 252 g/mol. The van der Waals surface area contributed by atoms with Gasteiger partial charge in [-0.05, 0) is 31.2 Å². The quantitative estimate of drug-likeness (QED) is 0.840. The van der Waals surface area contributed by atoms with Crippen molar-refractivity contribution in [2.24, 2.45) is 11.8 Å². The zero-order valence-corrected chi connectivity index (χ0v) is 10.7. The molecule has 0 aliphatic heterocycles. The minimum Gasteiger partial charge on any atom is -0.383 e. The zero-order chi connectivity index (χ0) is 12.4. The van der Waals surface area contributed by atoms with Gasteiger partial charge in [0.25, 0.3) is 0 Å². The van der Waals surface area contributed by atoms with Gasteiger partial charge in [-0.2, -0.15) is 0 Å². The summed E-state index contributed by atoms with van der Waals surface area (Å²) in [6, 6.07) is 1.63. The summed E-state index contributed by atoms with van der Waals surface area (Å²) in [4.78, 5) is 16.2. The van der Waals surface area contributed by atoms with Crippen molar-refractivity contribution in [1.29, 1.82) is 0 Å². The van der Waals surface area contributed by atoms with Crippen molar-refractivity contribution in [1.82, 2.24) is 4.98 Å². The molecular formula is C13H17ClN2O. The van der Waals surface area contributed by atoms with Crippen molar-refractivity contribution >= 4 is 23.2 Å². The normalized spacial score (nSPS) is 23.9. The van der Waals surface area contributed by atoms with E-state index in [1.54, 1.807) is 6.07 Å². The predicted octanol–water partition coefficient (Wildman–Crippen LogP) is 3.33. The second-order valence-electron chi connectivity index (χ2n) is 4.73. The van der Waals surface area contributed by atoms with Crippen LogP contribution in [0, 0.1) is 11.8 Å². The molecule has 0 saturated heterocycles. The fourth-order valence-corrected chi connectivity index (χ4v) is 2.71. The summed E-state index contributed by atoms with van der Waals surface area (Å²) in [6.45, 7) is 2.17. The number of carbonyl (C=O) groups excluding carboxylic acids is 1. The van der Waals surface area contributed by atoms with Crippen molar-refractivity contribution in [2.75, 3.05) is 5.73 Å². The molecule has 2 unspecified atom stereocenters. The second-order valence-corrected chi connectivity index (χ2v) is 5.17. The van der Waals surface area contributed by atoms with Crippen molar-refractivity contribution in [3.8, 4) is 0 Å². The highest BCUT2D eigenvalue weighted by molar-refractivity contribution is 6.31. The largest absolute Gasteiger partial charge is 0.383 e. The number of ketones is 1. The summed E-state index contributed by atoms with van der Waals surface area (Å²) >= 11 is 5.85. The second kappa shape index (κ2) is 5.05. The van der Waals surface area contributed by atoms with Crippen LogP contribution in [-0.2, 0) is 0 Å². The molecule has 0 spiro atoms. The lowest BCUT2D eigenvalue weighted by Gasteiger charge is -2.10. The third-order valence-corrected chi connectivity index (χ3v) is 3.85. The highest BCUT2D eigenvalue weighted by Gasteiger charge is 2.30. The van der Waals surface area contributed by atoms with Gasteiger partial charge in [0.05, 0.1) is 10.6 Å². The van der Waals surface area contributed by atoms with Gasteiger partial charge in [0.1, 0.15) is 5.82 Å². The Morgan fingerprint density at radius 2 is 2.35 bits per heavy atom. The van der Waals surface area contributed by atoms with Crippen LogP contribution in [-0.4, -0.2) is 10.8 Å². The minimum atomic E-state index is 0.0996. The standard InChI is InChI=1S/C13H17ClN2O/c1-2-8-3-4-9(5-8)12(17)11-6-10(14)7-16-13(11)15/h6-9H,2-5H2,1H3,(H2,15,16). The number of halogens is 1. The van der Waals surface area contributed by atoms with E-state index < -0.39 is 0 Å². The zero-order valence-electron chi connectivity index (χ0n) is 9.95. The SMILES string of the molecule is CCC1CCC(C(=O)c2cc(Cl)cnc2N)C1. The Bertz CT molecular complexity index is 433.